The maximum Gasteiger partial charge on any atom is 0.0863 e. The summed E-state index contributed by atoms with van der Waals surface area (Å²) in [5.41, 5.74) is 5.31. The van der Waals surface area contributed by atoms with Gasteiger partial charge in [0, 0.05) is 19.6 Å². The van der Waals surface area contributed by atoms with Crippen LogP contribution >= 0.6 is 0 Å². The van der Waals surface area contributed by atoms with Crippen LogP contribution in [-0.4, -0.2) is 54.4 Å². The van der Waals surface area contributed by atoms with Crippen molar-refractivity contribution in [2.45, 2.75) is 36.8 Å². The monoisotopic (exact) mass is 213 g/mol. The first-order valence-corrected chi connectivity index (χ1v) is 5.96. The molecule has 2 rings (SSSR count). The number of nitrogens with two attached hydrogens (primary N) is 1. The highest BCUT2D eigenvalue weighted by Crippen LogP contribution is 2.34. The van der Waals surface area contributed by atoms with Crippen molar-refractivity contribution in [1.82, 2.24) is 10.2 Å². The second-order valence-corrected chi connectivity index (χ2v) is 5.27. The number of aliphatic hydroxyl groups is 1. The van der Waals surface area contributed by atoms with Gasteiger partial charge in [0.1, 0.15) is 0 Å². The van der Waals surface area contributed by atoms with Gasteiger partial charge in [-0.15, -0.1) is 0 Å². The van der Waals surface area contributed by atoms with E-state index in [1.54, 1.807) is 0 Å². The van der Waals surface area contributed by atoms with Crippen LogP contribution in [0.5, 0.6) is 0 Å². The van der Waals surface area contributed by atoms with Crippen molar-refractivity contribution in [3.05, 3.63) is 0 Å². The van der Waals surface area contributed by atoms with Gasteiger partial charge >= 0.3 is 0 Å². The molecule has 0 bridgehead atoms. The first kappa shape index (κ1) is 11.3. The summed E-state index contributed by atoms with van der Waals surface area (Å²) in [6.07, 6.45) is 3.64. The van der Waals surface area contributed by atoms with E-state index in [-0.39, 0.29) is 0 Å². The Morgan fingerprint density at radius 1 is 1.27 bits per heavy atom. The minimum absolute atomic E-state index is 0.410. The summed E-state index contributed by atoms with van der Waals surface area (Å²) < 4.78 is 0. The van der Waals surface area contributed by atoms with E-state index in [2.05, 4.69) is 17.3 Å². The molecule has 0 aromatic heterocycles. The fourth-order valence-electron chi connectivity index (χ4n) is 2.81. The molecular weight excluding hydrogens is 190 g/mol. The Hall–Kier alpha value is -0.160. The summed E-state index contributed by atoms with van der Waals surface area (Å²) >= 11 is 0. The number of piperidine rings is 2. The number of likely N-dealkylation sites (tertiary alicyclic amines) is 1. The fourth-order valence-corrected chi connectivity index (χ4v) is 2.81. The van der Waals surface area contributed by atoms with Crippen LogP contribution in [-0.2, 0) is 0 Å². The molecule has 4 N–H and O–H groups in total. The van der Waals surface area contributed by atoms with Gasteiger partial charge in [0.25, 0.3) is 0 Å². The summed E-state index contributed by atoms with van der Waals surface area (Å²) in [5.74, 6) is 0. The van der Waals surface area contributed by atoms with E-state index >= 15 is 0 Å². The lowest BCUT2D eigenvalue weighted by atomic mass is 9.70. The zero-order valence-corrected chi connectivity index (χ0v) is 9.63. The third-order valence-corrected chi connectivity index (χ3v) is 4.16. The first-order valence-electron chi connectivity index (χ1n) is 5.96. The van der Waals surface area contributed by atoms with Gasteiger partial charge in [0.05, 0.1) is 11.1 Å². The lowest BCUT2D eigenvalue weighted by Crippen LogP contribution is -2.69. The molecule has 2 aliphatic rings. The van der Waals surface area contributed by atoms with Crippen LogP contribution in [0.25, 0.3) is 0 Å². The second-order valence-electron chi connectivity index (χ2n) is 5.27. The van der Waals surface area contributed by atoms with Gasteiger partial charge in [-0.1, -0.05) is 0 Å². The van der Waals surface area contributed by atoms with Gasteiger partial charge in [-0.25, -0.2) is 0 Å². The highest BCUT2D eigenvalue weighted by atomic mass is 16.3. The molecule has 4 heteroatoms. The Morgan fingerprint density at radius 2 is 1.93 bits per heavy atom. The summed E-state index contributed by atoms with van der Waals surface area (Å²) in [6.45, 7) is 3.70. The van der Waals surface area contributed by atoms with Crippen molar-refractivity contribution in [2.24, 2.45) is 5.73 Å². The normalized spacial score (nSPS) is 37.8. The van der Waals surface area contributed by atoms with Crippen LogP contribution in [0.4, 0.5) is 0 Å². The van der Waals surface area contributed by atoms with Crippen LogP contribution < -0.4 is 11.1 Å². The molecule has 15 heavy (non-hydrogen) atoms. The van der Waals surface area contributed by atoms with Crippen molar-refractivity contribution >= 4 is 0 Å². The molecule has 0 aromatic rings. The summed E-state index contributed by atoms with van der Waals surface area (Å²) in [7, 11) is 2.10. The molecule has 2 aliphatic heterocycles. The van der Waals surface area contributed by atoms with Crippen LogP contribution in [0.2, 0.25) is 0 Å². The highest BCUT2D eigenvalue weighted by molar-refractivity contribution is 5.08. The Bertz CT molecular complexity index is 218. The number of hydrogen-bond acceptors (Lipinski definition) is 4. The quantitative estimate of drug-likeness (QED) is 0.551. The molecule has 2 saturated heterocycles. The molecule has 0 spiro atoms. The van der Waals surface area contributed by atoms with Crippen molar-refractivity contribution < 1.29 is 5.11 Å². The van der Waals surface area contributed by atoms with Gasteiger partial charge in [-0.3, -0.25) is 0 Å². The maximum atomic E-state index is 10.7. The van der Waals surface area contributed by atoms with Crippen LogP contribution in [0.3, 0.4) is 0 Å². The highest BCUT2D eigenvalue weighted by Gasteiger charge is 2.48. The molecule has 4 nitrogen and oxygen atoms in total. The minimum atomic E-state index is -0.660. The van der Waals surface area contributed by atoms with Crippen LogP contribution in [0.15, 0.2) is 0 Å². The topological polar surface area (TPSA) is 61.5 Å². The average molecular weight is 213 g/mol. The molecule has 0 amide bonds. The van der Waals surface area contributed by atoms with E-state index in [0.29, 0.717) is 0 Å². The average Bonchev–Trinajstić information content (AvgIpc) is 2.24. The maximum absolute atomic E-state index is 10.7. The molecule has 0 radical (unpaired) electrons. The molecule has 0 saturated carbocycles. The van der Waals surface area contributed by atoms with Crippen molar-refractivity contribution in [1.29, 1.82) is 0 Å². The van der Waals surface area contributed by atoms with E-state index in [0.717, 1.165) is 51.9 Å². The third kappa shape index (κ3) is 2.04. The first-order chi connectivity index (χ1) is 7.06. The molecule has 1 unspecified atom stereocenters. The van der Waals surface area contributed by atoms with Gasteiger partial charge in [0.15, 0.2) is 0 Å². The minimum Gasteiger partial charge on any atom is -0.388 e. The smallest absolute Gasteiger partial charge is 0.0863 e. The molecule has 1 atom stereocenters. The molecular formula is C11H23N3O. The van der Waals surface area contributed by atoms with Gasteiger partial charge in [-0.2, -0.15) is 0 Å². The molecule has 2 fully saturated rings. The van der Waals surface area contributed by atoms with Crippen molar-refractivity contribution in [3.63, 3.8) is 0 Å². The van der Waals surface area contributed by atoms with Gasteiger partial charge in [-0.05, 0) is 39.3 Å². The lowest BCUT2D eigenvalue weighted by molar-refractivity contribution is -0.0839. The van der Waals surface area contributed by atoms with Gasteiger partial charge in [0.2, 0.25) is 0 Å². The number of hydrogen-bond donors (Lipinski definition) is 3. The predicted molar refractivity (Wildman–Crippen MR) is 60.7 cm³/mol. The fraction of sp³-hybridized carbons (Fsp3) is 1.00. The molecule has 88 valence electrons. The van der Waals surface area contributed by atoms with E-state index in [9.17, 15) is 5.11 Å². The zero-order valence-electron chi connectivity index (χ0n) is 9.63. The van der Waals surface area contributed by atoms with E-state index in [1.807, 2.05) is 0 Å². The second kappa shape index (κ2) is 4.01. The van der Waals surface area contributed by atoms with Crippen molar-refractivity contribution in [2.75, 3.05) is 33.2 Å². The Kier molecular flexibility index (Phi) is 3.03. The summed E-state index contributed by atoms with van der Waals surface area (Å²) in [6, 6.07) is 0. The van der Waals surface area contributed by atoms with E-state index in [1.165, 1.54) is 0 Å². The summed E-state index contributed by atoms with van der Waals surface area (Å²) in [5, 5.41) is 14.0. The van der Waals surface area contributed by atoms with Gasteiger partial charge < -0.3 is 21.1 Å². The molecule has 0 aliphatic carbocycles. The summed E-state index contributed by atoms with van der Waals surface area (Å²) in [4.78, 5) is 2.26. The SMILES string of the molecule is CN1CCC(O)(C2(N)CCCNC2)CC1. The Balaban J connectivity index is 2.06. The van der Waals surface area contributed by atoms with Crippen molar-refractivity contribution in [3.8, 4) is 0 Å². The number of nitrogens with one attached hydrogen (secondary N) is 1. The Labute approximate surface area is 91.8 Å². The third-order valence-electron chi connectivity index (χ3n) is 4.16. The number of nitrogens with zero attached hydrogens (tertiary/aromatic N) is 1. The van der Waals surface area contributed by atoms with Crippen LogP contribution in [0, 0.1) is 0 Å². The van der Waals surface area contributed by atoms with E-state index in [4.69, 9.17) is 5.73 Å². The Morgan fingerprint density at radius 3 is 2.47 bits per heavy atom. The molecule has 0 aromatic carbocycles. The standard InChI is InChI=1S/C11H23N3O/c1-14-7-4-11(15,5-8-14)10(12)3-2-6-13-9-10/h13,15H,2-9,12H2,1H3. The molecule has 2 heterocycles. The van der Waals surface area contributed by atoms with E-state index < -0.39 is 11.1 Å². The zero-order chi connectivity index (χ0) is 10.9. The lowest BCUT2D eigenvalue weighted by Gasteiger charge is -2.50. The number of rotatable bonds is 1. The van der Waals surface area contributed by atoms with Crippen LogP contribution in [0.1, 0.15) is 25.7 Å². The largest absolute Gasteiger partial charge is 0.388 e. The predicted octanol–water partition coefficient (Wildman–Crippen LogP) is -0.476.